The highest BCUT2D eigenvalue weighted by atomic mass is 16.6. The first-order chi connectivity index (χ1) is 24.6. The Kier molecular flexibility index (Phi) is 10.4. The SMILES string of the molecule is CC(=O)C(Cc1ccc(O)c(O)c1)OC(=O)C=Cc1ccc(O)c2c1C(C(=O)OC(Cc1ccc(O)c(O)c1)C(=O)O)C(c1ccc(O)c(O)c1)O2. The van der Waals surface area contributed by atoms with Gasteiger partial charge in [-0.2, -0.15) is 0 Å². The quantitative estimate of drug-likeness (QED) is 0.0589. The molecule has 5 rings (SSSR count). The third-order valence-electron chi connectivity index (χ3n) is 8.22. The van der Waals surface area contributed by atoms with Crippen molar-refractivity contribution >= 4 is 29.8 Å². The maximum atomic E-state index is 14.0. The number of hydrogen-bond donors (Lipinski definition) is 8. The van der Waals surface area contributed by atoms with Crippen LogP contribution in [0.15, 0.2) is 72.8 Å². The van der Waals surface area contributed by atoms with Crippen LogP contribution in [-0.4, -0.2) is 76.8 Å². The zero-order valence-electron chi connectivity index (χ0n) is 27.2. The van der Waals surface area contributed by atoms with Crippen LogP contribution in [0.25, 0.3) is 6.08 Å². The van der Waals surface area contributed by atoms with Crippen LogP contribution in [0.2, 0.25) is 0 Å². The first kappa shape index (κ1) is 36.4. The fourth-order valence-electron chi connectivity index (χ4n) is 5.58. The van der Waals surface area contributed by atoms with Gasteiger partial charge in [0.15, 0.2) is 57.9 Å². The Morgan fingerprint density at radius 2 is 1.23 bits per heavy atom. The lowest BCUT2D eigenvalue weighted by atomic mass is 9.87. The lowest BCUT2D eigenvalue weighted by Gasteiger charge is -2.22. The highest BCUT2D eigenvalue weighted by molar-refractivity contribution is 5.92. The van der Waals surface area contributed by atoms with E-state index in [-0.39, 0.29) is 40.2 Å². The van der Waals surface area contributed by atoms with Crippen LogP contribution in [0.1, 0.15) is 46.8 Å². The molecule has 1 heterocycles. The monoisotopic (exact) mass is 716 g/mol. The van der Waals surface area contributed by atoms with Gasteiger partial charge in [-0.05, 0) is 77.7 Å². The third kappa shape index (κ3) is 7.94. The zero-order valence-corrected chi connectivity index (χ0v) is 27.2. The summed E-state index contributed by atoms with van der Waals surface area (Å²) in [5, 5.41) is 79.7. The molecule has 15 nitrogen and oxygen atoms in total. The molecule has 4 atom stereocenters. The van der Waals surface area contributed by atoms with Gasteiger partial charge in [0.1, 0.15) is 12.0 Å². The van der Waals surface area contributed by atoms with E-state index < -0.39 is 88.8 Å². The Morgan fingerprint density at radius 1 is 0.692 bits per heavy atom. The van der Waals surface area contributed by atoms with E-state index in [1.807, 2.05) is 0 Å². The van der Waals surface area contributed by atoms with Crippen molar-refractivity contribution in [2.45, 2.75) is 44.0 Å². The Balaban J connectivity index is 1.47. The molecule has 1 aliphatic rings. The van der Waals surface area contributed by atoms with Gasteiger partial charge < -0.3 is 55.1 Å². The van der Waals surface area contributed by atoms with Crippen LogP contribution in [0.3, 0.4) is 0 Å². The maximum absolute atomic E-state index is 14.0. The number of aromatic hydroxyl groups is 7. The number of fused-ring (bicyclic) bond motifs is 1. The average molecular weight is 717 g/mol. The van der Waals surface area contributed by atoms with Crippen molar-refractivity contribution in [3.05, 3.63) is 101 Å². The van der Waals surface area contributed by atoms with Crippen molar-refractivity contribution in [2.75, 3.05) is 0 Å². The molecule has 0 saturated heterocycles. The van der Waals surface area contributed by atoms with Crippen LogP contribution < -0.4 is 4.74 Å². The predicted octanol–water partition coefficient (Wildman–Crippen LogP) is 3.84. The van der Waals surface area contributed by atoms with E-state index in [0.717, 1.165) is 30.3 Å². The van der Waals surface area contributed by atoms with Gasteiger partial charge in [-0.15, -0.1) is 0 Å². The van der Waals surface area contributed by atoms with Crippen molar-refractivity contribution in [2.24, 2.45) is 0 Å². The van der Waals surface area contributed by atoms with Gasteiger partial charge in [0.05, 0.1) is 0 Å². The number of ketones is 1. The number of phenols is 7. The highest BCUT2D eigenvalue weighted by Crippen LogP contribution is 2.53. The molecule has 270 valence electrons. The minimum absolute atomic E-state index is 0.0410. The van der Waals surface area contributed by atoms with Crippen molar-refractivity contribution < 1.29 is 74.2 Å². The molecule has 8 N–H and O–H groups in total. The van der Waals surface area contributed by atoms with Gasteiger partial charge in [-0.3, -0.25) is 9.59 Å². The first-order valence-corrected chi connectivity index (χ1v) is 15.5. The molecule has 4 unspecified atom stereocenters. The van der Waals surface area contributed by atoms with E-state index in [2.05, 4.69) is 0 Å². The average Bonchev–Trinajstić information content (AvgIpc) is 3.50. The van der Waals surface area contributed by atoms with Crippen molar-refractivity contribution in [3.63, 3.8) is 0 Å². The fourth-order valence-corrected chi connectivity index (χ4v) is 5.58. The zero-order chi connectivity index (χ0) is 37.9. The molecular weight excluding hydrogens is 684 g/mol. The summed E-state index contributed by atoms with van der Waals surface area (Å²) in [5.41, 5.74) is 0.762. The van der Waals surface area contributed by atoms with Crippen LogP contribution in [0.5, 0.6) is 46.0 Å². The largest absolute Gasteiger partial charge is 0.504 e. The molecule has 0 amide bonds. The van der Waals surface area contributed by atoms with Crippen molar-refractivity contribution in [3.8, 4) is 46.0 Å². The van der Waals surface area contributed by atoms with E-state index in [0.29, 0.717) is 5.56 Å². The van der Waals surface area contributed by atoms with E-state index in [9.17, 15) is 60.0 Å². The summed E-state index contributed by atoms with van der Waals surface area (Å²) in [6.07, 6.45) is -2.88. The second-order valence-corrected chi connectivity index (χ2v) is 11.9. The molecule has 1 aliphatic heterocycles. The van der Waals surface area contributed by atoms with Crippen molar-refractivity contribution in [1.29, 1.82) is 0 Å². The van der Waals surface area contributed by atoms with Gasteiger partial charge in [0.25, 0.3) is 0 Å². The molecule has 0 fully saturated rings. The standard InChI is InChI=1S/C37H32O15/c1-17(38)29(14-18-2-7-22(39)26(43)12-18)50-31(46)11-6-20-4-10-25(42)35-32(20)33(34(52-35)21-5-9-24(41)28(45)16-21)37(49)51-30(36(47)48)15-19-3-8-23(40)27(44)13-19/h2-13,16,29-30,33-34,39-45H,14-15H2,1H3,(H,47,48). The number of rotatable bonds is 12. The van der Waals surface area contributed by atoms with E-state index in [1.165, 1.54) is 55.5 Å². The van der Waals surface area contributed by atoms with Gasteiger partial charge in [-0.25, -0.2) is 9.59 Å². The number of Topliss-reactive ketones (excluding diaryl/α,β-unsaturated/α-hetero) is 1. The van der Waals surface area contributed by atoms with E-state index in [4.69, 9.17) is 14.2 Å². The summed E-state index contributed by atoms with van der Waals surface area (Å²) < 4.78 is 16.8. The number of esters is 2. The van der Waals surface area contributed by atoms with E-state index in [1.54, 1.807) is 0 Å². The molecule has 0 aliphatic carbocycles. The van der Waals surface area contributed by atoms with Gasteiger partial charge in [-0.1, -0.05) is 24.3 Å². The molecule has 52 heavy (non-hydrogen) atoms. The Labute approximate surface area is 294 Å². The number of benzene rings is 4. The predicted molar refractivity (Wildman–Crippen MR) is 178 cm³/mol. The fraction of sp³-hybridized carbons (Fsp3) is 0.189. The van der Waals surface area contributed by atoms with Gasteiger partial charge >= 0.3 is 17.9 Å². The molecule has 0 saturated carbocycles. The summed E-state index contributed by atoms with van der Waals surface area (Å²) in [6, 6.07) is 13.5. The van der Waals surface area contributed by atoms with Crippen LogP contribution in [0, 0.1) is 0 Å². The Morgan fingerprint density at radius 3 is 1.77 bits per heavy atom. The van der Waals surface area contributed by atoms with Crippen molar-refractivity contribution in [1.82, 2.24) is 0 Å². The molecule has 0 bridgehead atoms. The summed E-state index contributed by atoms with van der Waals surface area (Å²) in [5.74, 6) is -9.31. The van der Waals surface area contributed by atoms with Crippen LogP contribution in [-0.2, 0) is 41.5 Å². The Bertz CT molecular complexity index is 2090. The number of aliphatic carboxylic acids is 1. The molecule has 0 spiro atoms. The number of phenolic OH excluding ortho intramolecular Hbond substituents is 7. The van der Waals surface area contributed by atoms with Crippen LogP contribution >= 0.6 is 0 Å². The number of hydrogen-bond acceptors (Lipinski definition) is 14. The number of carbonyl (C=O) groups excluding carboxylic acids is 3. The summed E-state index contributed by atoms with van der Waals surface area (Å²) in [6.45, 7) is 1.19. The topological polar surface area (TPSA) is 258 Å². The summed E-state index contributed by atoms with van der Waals surface area (Å²) in [7, 11) is 0. The third-order valence-corrected chi connectivity index (χ3v) is 8.22. The second kappa shape index (κ2) is 14.9. The molecule has 4 aromatic carbocycles. The lowest BCUT2D eigenvalue weighted by Crippen LogP contribution is -2.32. The Hall–Kier alpha value is -6.90. The number of carboxylic acid groups (broad SMARTS) is 1. The summed E-state index contributed by atoms with van der Waals surface area (Å²) in [4.78, 5) is 51.5. The maximum Gasteiger partial charge on any atom is 0.345 e. The highest BCUT2D eigenvalue weighted by Gasteiger charge is 2.46. The van der Waals surface area contributed by atoms with Crippen LogP contribution in [0.4, 0.5) is 0 Å². The molecule has 4 aromatic rings. The minimum Gasteiger partial charge on any atom is -0.504 e. The molecule has 0 radical (unpaired) electrons. The first-order valence-electron chi connectivity index (χ1n) is 15.5. The molecule has 0 aromatic heterocycles. The molecule has 15 heteroatoms. The van der Waals surface area contributed by atoms with E-state index >= 15 is 0 Å². The number of ether oxygens (including phenoxy) is 3. The minimum atomic E-state index is -1.82. The summed E-state index contributed by atoms with van der Waals surface area (Å²) >= 11 is 0. The molecular formula is C37H32O15. The van der Waals surface area contributed by atoms with Gasteiger partial charge in [0, 0.05) is 24.5 Å². The number of carbonyl (C=O) groups is 4. The second-order valence-electron chi connectivity index (χ2n) is 11.9. The smallest absolute Gasteiger partial charge is 0.345 e. The number of carboxylic acids is 1. The van der Waals surface area contributed by atoms with Gasteiger partial charge in [0.2, 0.25) is 6.10 Å². The lowest BCUT2D eigenvalue weighted by molar-refractivity contribution is -0.166. The normalized spacial score (nSPS) is 16.0.